The van der Waals surface area contributed by atoms with Gasteiger partial charge < -0.3 is 10.8 Å². The highest BCUT2D eigenvalue weighted by molar-refractivity contribution is 5.51. The van der Waals surface area contributed by atoms with Crippen molar-refractivity contribution >= 4 is 5.69 Å². The van der Waals surface area contributed by atoms with Crippen molar-refractivity contribution in [1.29, 1.82) is 0 Å². The Morgan fingerprint density at radius 2 is 2.06 bits per heavy atom. The van der Waals surface area contributed by atoms with Crippen LogP contribution in [-0.4, -0.2) is 28.7 Å². The Bertz CT molecular complexity index is 433. The molecule has 1 fully saturated rings. The topological polar surface area (TPSA) is 49.5 Å². The van der Waals surface area contributed by atoms with Gasteiger partial charge in [0.25, 0.3) is 0 Å². The van der Waals surface area contributed by atoms with E-state index in [1.165, 1.54) is 24.0 Å². The second kappa shape index (κ2) is 4.90. The van der Waals surface area contributed by atoms with Crippen molar-refractivity contribution in [2.45, 2.75) is 50.8 Å². The van der Waals surface area contributed by atoms with Gasteiger partial charge in [-0.1, -0.05) is 25.0 Å². The Labute approximate surface area is 109 Å². The third kappa shape index (κ3) is 2.13. The SMILES string of the molecule is Nc1cccc2c1CN(C1CCCCC1O)CC2. The van der Waals surface area contributed by atoms with Gasteiger partial charge in [-0.25, -0.2) is 0 Å². The van der Waals surface area contributed by atoms with Crippen LogP contribution in [0, 0.1) is 0 Å². The summed E-state index contributed by atoms with van der Waals surface area (Å²) in [6.45, 7) is 1.96. The van der Waals surface area contributed by atoms with Crippen molar-refractivity contribution in [3.63, 3.8) is 0 Å². The molecule has 3 rings (SSSR count). The molecule has 98 valence electrons. The maximum atomic E-state index is 10.2. The van der Waals surface area contributed by atoms with Gasteiger partial charge in [-0.15, -0.1) is 0 Å². The summed E-state index contributed by atoms with van der Waals surface area (Å²) in [6, 6.07) is 6.55. The molecule has 0 aromatic heterocycles. The molecule has 1 aliphatic carbocycles. The summed E-state index contributed by atoms with van der Waals surface area (Å²) in [6.07, 6.45) is 5.41. The molecule has 0 bridgehead atoms. The molecule has 3 nitrogen and oxygen atoms in total. The highest BCUT2D eigenvalue weighted by Gasteiger charge is 2.31. The van der Waals surface area contributed by atoms with Crippen LogP contribution in [0.2, 0.25) is 0 Å². The van der Waals surface area contributed by atoms with Crippen LogP contribution < -0.4 is 5.73 Å². The number of anilines is 1. The van der Waals surface area contributed by atoms with Crippen molar-refractivity contribution in [1.82, 2.24) is 4.90 Å². The first-order valence-corrected chi connectivity index (χ1v) is 7.04. The van der Waals surface area contributed by atoms with E-state index < -0.39 is 0 Å². The summed E-state index contributed by atoms with van der Waals surface area (Å²) < 4.78 is 0. The lowest BCUT2D eigenvalue weighted by molar-refractivity contribution is 0.0133. The molecule has 1 aliphatic heterocycles. The fourth-order valence-electron chi connectivity index (χ4n) is 3.43. The van der Waals surface area contributed by atoms with Crippen molar-refractivity contribution in [2.24, 2.45) is 0 Å². The first kappa shape index (κ1) is 12.0. The van der Waals surface area contributed by atoms with Crippen LogP contribution in [-0.2, 0) is 13.0 Å². The van der Waals surface area contributed by atoms with Crippen LogP contribution in [0.3, 0.4) is 0 Å². The molecule has 2 unspecified atom stereocenters. The zero-order chi connectivity index (χ0) is 12.5. The van der Waals surface area contributed by atoms with Crippen molar-refractivity contribution in [2.75, 3.05) is 12.3 Å². The maximum Gasteiger partial charge on any atom is 0.0695 e. The van der Waals surface area contributed by atoms with Crippen LogP contribution in [0.5, 0.6) is 0 Å². The minimum absolute atomic E-state index is 0.148. The zero-order valence-electron chi connectivity index (χ0n) is 10.8. The van der Waals surface area contributed by atoms with Crippen LogP contribution in [0.15, 0.2) is 18.2 Å². The molecule has 0 spiro atoms. The van der Waals surface area contributed by atoms with E-state index in [2.05, 4.69) is 11.0 Å². The van der Waals surface area contributed by atoms with Gasteiger partial charge in [-0.05, 0) is 36.5 Å². The number of rotatable bonds is 1. The average molecular weight is 246 g/mol. The first-order chi connectivity index (χ1) is 8.75. The lowest BCUT2D eigenvalue weighted by atomic mass is 9.88. The minimum atomic E-state index is -0.148. The summed E-state index contributed by atoms with van der Waals surface area (Å²) in [7, 11) is 0. The predicted molar refractivity (Wildman–Crippen MR) is 73.2 cm³/mol. The van der Waals surface area contributed by atoms with Crippen LogP contribution in [0.25, 0.3) is 0 Å². The second-order valence-electron chi connectivity index (χ2n) is 5.62. The zero-order valence-corrected chi connectivity index (χ0v) is 10.8. The summed E-state index contributed by atoms with van der Waals surface area (Å²) in [4.78, 5) is 2.43. The van der Waals surface area contributed by atoms with E-state index in [9.17, 15) is 5.11 Å². The number of nitrogen functional groups attached to an aromatic ring is 1. The Morgan fingerprint density at radius 3 is 2.89 bits per heavy atom. The van der Waals surface area contributed by atoms with Crippen molar-refractivity contribution < 1.29 is 5.11 Å². The molecule has 3 heteroatoms. The molecule has 2 atom stereocenters. The summed E-state index contributed by atoms with van der Waals surface area (Å²) >= 11 is 0. The van der Waals surface area contributed by atoms with E-state index in [1.54, 1.807) is 0 Å². The highest BCUT2D eigenvalue weighted by Crippen LogP contribution is 2.30. The molecule has 2 aliphatic rings. The standard InChI is InChI=1S/C15H22N2O/c16-13-5-3-4-11-8-9-17(10-12(11)13)14-6-1-2-7-15(14)18/h3-5,14-15,18H,1-2,6-10,16H2. The second-order valence-corrected chi connectivity index (χ2v) is 5.62. The van der Waals surface area contributed by atoms with Gasteiger partial charge in [0.15, 0.2) is 0 Å². The van der Waals surface area contributed by atoms with Crippen molar-refractivity contribution in [3.05, 3.63) is 29.3 Å². The van der Waals surface area contributed by atoms with Crippen LogP contribution in [0.1, 0.15) is 36.8 Å². The van der Waals surface area contributed by atoms with Gasteiger partial charge in [0.1, 0.15) is 0 Å². The summed E-state index contributed by atoms with van der Waals surface area (Å²) in [5.74, 6) is 0. The molecule has 18 heavy (non-hydrogen) atoms. The van der Waals surface area contributed by atoms with Gasteiger partial charge in [0, 0.05) is 24.8 Å². The molecular formula is C15H22N2O. The van der Waals surface area contributed by atoms with E-state index in [1.807, 2.05) is 12.1 Å². The van der Waals surface area contributed by atoms with Gasteiger partial charge in [-0.3, -0.25) is 4.90 Å². The summed E-state index contributed by atoms with van der Waals surface area (Å²) in [5.41, 5.74) is 9.65. The lowest BCUT2D eigenvalue weighted by Gasteiger charge is -2.40. The molecule has 1 aromatic carbocycles. The van der Waals surface area contributed by atoms with E-state index in [-0.39, 0.29) is 6.10 Å². The highest BCUT2D eigenvalue weighted by atomic mass is 16.3. The third-order valence-electron chi connectivity index (χ3n) is 4.50. The fraction of sp³-hybridized carbons (Fsp3) is 0.600. The predicted octanol–water partition coefficient (Wildman–Crippen LogP) is 1.93. The smallest absolute Gasteiger partial charge is 0.0695 e. The molecular weight excluding hydrogens is 224 g/mol. The Morgan fingerprint density at radius 1 is 1.22 bits per heavy atom. The maximum absolute atomic E-state index is 10.2. The molecule has 0 radical (unpaired) electrons. The number of nitrogens with two attached hydrogens (primary N) is 1. The number of fused-ring (bicyclic) bond motifs is 1. The average Bonchev–Trinajstić information content (AvgIpc) is 2.40. The van der Waals surface area contributed by atoms with Crippen LogP contribution in [0.4, 0.5) is 5.69 Å². The number of hydrogen-bond donors (Lipinski definition) is 2. The first-order valence-electron chi connectivity index (χ1n) is 7.04. The number of benzene rings is 1. The van der Waals surface area contributed by atoms with Crippen LogP contribution >= 0.6 is 0 Å². The molecule has 1 heterocycles. The largest absolute Gasteiger partial charge is 0.398 e. The molecule has 3 N–H and O–H groups in total. The number of hydrogen-bond acceptors (Lipinski definition) is 3. The van der Waals surface area contributed by atoms with Crippen molar-refractivity contribution in [3.8, 4) is 0 Å². The van der Waals surface area contributed by atoms with Gasteiger partial charge in [0.05, 0.1) is 6.10 Å². The monoisotopic (exact) mass is 246 g/mol. The Balaban J connectivity index is 1.79. The number of aliphatic hydroxyl groups is 1. The van der Waals surface area contributed by atoms with E-state index in [0.717, 1.165) is 38.0 Å². The van der Waals surface area contributed by atoms with Gasteiger partial charge in [-0.2, -0.15) is 0 Å². The molecule has 1 aromatic rings. The van der Waals surface area contributed by atoms with Gasteiger partial charge >= 0.3 is 0 Å². The molecule has 0 amide bonds. The third-order valence-corrected chi connectivity index (χ3v) is 4.50. The van der Waals surface area contributed by atoms with Gasteiger partial charge in [0.2, 0.25) is 0 Å². The Hall–Kier alpha value is -1.06. The number of nitrogens with zero attached hydrogens (tertiary/aromatic N) is 1. The molecule has 1 saturated carbocycles. The lowest BCUT2D eigenvalue weighted by Crippen LogP contribution is -2.47. The quantitative estimate of drug-likeness (QED) is 0.744. The minimum Gasteiger partial charge on any atom is -0.398 e. The van der Waals surface area contributed by atoms with E-state index >= 15 is 0 Å². The Kier molecular flexibility index (Phi) is 3.27. The normalized spacial score (nSPS) is 28.9. The molecule has 0 saturated heterocycles. The summed E-state index contributed by atoms with van der Waals surface area (Å²) in [5, 5.41) is 10.2. The van der Waals surface area contributed by atoms with E-state index in [4.69, 9.17) is 5.73 Å². The number of aliphatic hydroxyl groups excluding tert-OH is 1. The van der Waals surface area contributed by atoms with E-state index in [0.29, 0.717) is 6.04 Å². The fourth-order valence-corrected chi connectivity index (χ4v) is 3.43.